The third-order valence-electron chi connectivity index (χ3n) is 7.08. The highest BCUT2D eigenvalue weighted by Crippen LogP contribution is 2.48. The highest BCUT2D eigenvalue weighted by Gasteiger charge is 2.46. The van der Waals surface area contributed by atoms with E-state index in [2.05, 4.69) is 24.3 Å². The second-order valence-corrected chi connectivity index (χ2v) is 9.23. The molecule has 3 unspecified atom stereocenters. The lowest BCUT2D eigenvalue weighted by Crippen LogP contribution is -2.35. The Balaban J connectivity index is 1.79. The summed E-state index contributed by atoms with van der Waals surface area (Å²) in [6.45, 7) is 2.80. The molecule has 0 amide bonds. The molecule has 1 heterocycles. The highest BCUT2D eigenvalue weighted by atomic mass is 16.5. The fraction of sp³-hybridized carbons (Fsp3) is 0.367. The van der Waals surface area contributed by atoms with Gasteiger partial charge < -0.3 is 9.47 Å². The Hall–Kier alpha value is -3.67. The van der Waals surface area contributed by atoms with Crippen LogP contribution >= 0.6 is 0 Å². The minimum atomic E-state index is -1.31. The van der Waals surface area contributed by atoms with Crippen LogP contribution in [0.2, 0.25) is 0 Å². The van der Waals surface area contributed by atoms with E-state index >= 15 is 0 Å². The molecule has 0 radical (unpaired) electrons. The molecule has 0 aliphatic carbocycles. The molecule has 178 valence electrons. The number of nitriles is 2. The standard InChI is InChI=1S/C30H30N2O3/c1-2-35-28(33)17-27-19-34-18-26(22-8-4-3-5-9-22)14-15-30(20-31,21-32)29(27)25-13-12-23-10-6-7-11-24(23)16-25/h3-13,16,26-27,29H,2,14-15,17-19H2,1H3. The number of hydrogen-bond donors (Lipinski definition) is 0. The van der Waals surface area contributed by atoms with Crippen molar-refractivity contribution in [3.05, 3.63) is 83.9 Å². The van der Waals surface area contributed by atoms with Gasteiger partial charge in [-0.15, -0.1) is 0 Å². The van der Waals surface area contributed by atoms with Crippen LogP contribution in [0, 0.1) is 34.0 Å². The molecule has 1 aliphatic rings. The summed E-state index contributed by atoms with van der Waals surface area (Å²) in [5.74, 6) is -1.14. The maximum absolute atomic E-state index is 12.6. The van der Waals surface area contributed by atoms with Gasteiger partial charge in [-0.3, -0.25) is 4.79 Å². The molecule has 0 saturated carbocycles. The predicted molar refractivity (Wildman–Crippen MR) is 134 cm³/mol. The van der Waals surface area contributed by atoms with E-state index in [4.69, 9.17) is 9.47 Å². The first-order valence-corrected chi connectivity index (χ1v) is 12.2. The van der Waals surface area contributed by atoms with Crippen LogP contribution in [0.3, 0.4) is 0 Å². The topological polar surface area (TPSA) is 83.1 Å². The smallest absolute Gasteiger partial charge is 0.306 e. The minimum absolute atomic E-state index is 0.0656. The van der Waals surface area contributed by atoms with E-state index in [1.165, 1.54) is 0 Å². The molecule has 0 spiro atoms. The molecule has 35 heavy (non-hydrogen) atoms. The van der Waals surface area contributed by atoms with Crippen molar-refractivity contribution in [2.75, 3.05) is 19.8 Å². The van der Waals surface area contributed by atoms with Crippen molar-refractivity contribution in [2.24, 2.45) is 11.3 Å². The zero-order chi connectivity index (χ0) is 24.7. The van der Waals surface area contributed by atoms with Crippen LogP contribution in [0.15, 0.2) is 72.8 Å². The molecule has 4 rings (SSSR count). The van der Waals surface area contributed by atoms with Crippen LogP contribution in [-0.2, 0) is 14.3 Å². The first kappa shape index (κ1) is 24.5. The van der Waals surface area contributed by atoms with Gasteiger partial charge in [-0.05, 0) is 41.7 Å². The summed E-state index contributed by atoms with van der Waals surface area (Å²) in [5, 5.41) is 23.1. The van der Waals surface area contributed by atoms with Gasteiger partial charge in [0, 0.05) is 17.8 Å². The number of benzene rings is 3. The maximum Gasteiger partial charge on any atom is 0.306 e. The molecule has 5 nitrogen and oxygen atoms in total. The van der Waals surface area contributed by atoms with Crippen molar-refractivity contribution in [1.29, 1.82) is 10.5 Å². The Kier molecular flexibility index (Phi) is 7.80. The van der Waals surface area contributed by atoms with E-state index in [9.17, 15) is 15.3 Å². The maximum atomic E-state index is 12.6. The van der Waals surface area contributed by atoms with Crippen molar-refractivity contribution < 1.29 is 14.3 Å². The predicted octanol–water partition coefficient (Wildman–Crippen LogP) is 6.12. The Labute approximate surface area is 206 Å². The van der Waals surface area contributed by atoms with Crippen LogP contribution in [-0.4, -0.2) is 25.8 Å². The van der Waals surface area contributed by atoms with Gasteiger partial charge >= 0.3 is 5.97 Å². The Morgan fingerprint density at radius 1 is 0.971 bits per heavy atom. The van der Waals surface area contributed by atoms with E-state index < -0.39 is 11.3 Å². The summed E-state index contributed by atoms with van der Waals surface area (Å²) in [4.78, 5) is 12.6. The normalized spacial score (nSPS) is 22.1. The quantitative estimate of drug-likeness (QED) is 0.423. The molecule has 5 heteroatoms. The largest absolute Gasteiger partial charge is 0.466 e. The summed E-state index contributed by atoms with van der Waals surface area (Å²) < 4.78 is 11.5. The van der Waals surface area contributed by atoms with Gasteiger partial charge in [0.25, 0.3) is 0 Å². The van der Waals surface area contributed by atoms with Crippen LogP contribution in [0.4, 0.5) is 0 Å². The monoisotopic (exact) mass is 466 g/mol. The summed E-state index contributed by atoms with van der Waals surface area (Å²) in [6, 6.07) is 28.9. The van der Waals surface area contributed by atoms with E-state index in [0.717, 1.165) is 21.9 Å². The first-order chi connectivity index (χ1) is 17.1. The lowest BCUT2D eigenvalue weighted by Gasteiger charge is -2.35. The summed E-state index contributed by atoms with van der Waals surface area (Å²) in [6.07, 6.45) is 1.12. The number of nitrogens with zero attached hydrogens (tertiary/aromatic N) is 2. The van der Waals surface area contributed by atoms with Crippen LogP contribution in [0.1, 0.15) is 49.1 Å². The summed E-state index contributed by atoms with van der Waals surface area (Å²) in [5.41, 5.74) is 0.701. The van der Waals surface area contributed by atoms with E-state index in [1.54, 1.807) is 6.92 Å². The molecule has 1 saturated heterocycles. The van der Waals surface area contributed by atoms with Gasteiger partial charge in [0.1, 0.15) is 0 Å². The minimum Gasteiger partial charge on any atom is -0.466 e. The van der Waals surface area contributed by atoms with Crippen LogP contribution < -0.4 is 0 Å². The molecule has 0 aromatic heterocycles. The van der Waals surface area contributed by atoms with Crippen molar-refractivity contribution in [3.8, 4) is 12.1 Å². The molecule has 1 aliphatic heterocycles. The number of carbonyl (C=O) groups excluding carboxylic acids is 1. The van der Waals surface area contributed by atoms with Gasteiger partial charge in [0.05, 0.1) is 38.4 Å². The molecule has 0 N–H and O–H groups in total. The molecule has 1 fully saturated rings. The summed E-state index contributed by atoms with van der Waals surface area (Å²) >= 11 is 0. The third kappa shape index (κ3) is 5.37. The fourth-order valence-corrected chi connectivity index (χ4v) is 5.33. The number of rotatable bonds is 5. The van der Waals surface area contributed by atoms with Gasteiger partial charge in [0.2, 0.25) is 0 Å². The van der Waals surface area contributed by atoms with Gasteiger partial charge in [-0.25, -0.2) is 0 Å². The SMILES string of the molecule is CCOC(=O)CC1COCC(c2ccccc2)CCC(C#N)(C#N)C1c1ccc2ccccc2c1. The van der Waals surface area contributed by atoms with Crippen molar-refractivity contribution in [3.63, 3.8) is 0 Å². The number of fused-ring (bicyclic) bond motifs is 1. The number of carbonyl (C=O) groups is 1. The average molecular weight is 467 g/mol. The van der Waals surface area contributed by atoms with Gasteiger partial charge in [-0.2, -0.15) is 10.5 Å². The third-order valence-corrected chi connectivity index (χ3v) is 7.08. The Morgan fingerprint density at radius 2 is 1.69 bits per heavy atom. The zero-order valence-electron chi connectivity index (χ0n) is 20.0. The number of ether oxygens (including phenoxy) is 2. The second kappa shape index (κ2) is 11.2. The van der Waals surface area contributed by atoms with E-state index in [1.807, 2.05) is 60.7 Å². The molecule has 3 atom stereocenters. The fourth-order valence-electron chi connectivity index (χ4n) is 5.33. The van der Waals surface area contributed by atoms with E-state index in [0.29, 0.717) is 19.4 Å². The van der Waals surface area contributed by atoms with Crippen LogP contribution in [0.25, 0.3) is 10.8 Å². The summed E-state index contributed by atoms with van der Waals surface area (Å²) in [7, 11) is 0. The Bertz CT molecular complexity index is 1230. The molecule has 3 aromatic rings. The lowest BCUT2D eigenvalue weighted by molar-refractivity contribution is -0.145. The van der Waals surface area contributed by atoms with Crippen LogP contribution in [0.5, 0.6) is 0 Å². The molecular formula is C30H30N2O3. The lowest BCUT2D eigenvalue weighted by atomic mass is 9.64. The first-order valence-electron chi connectivity index (χ1n) is 12.2. The second-order valence-electron chi connectivity index (χ2n) is 9.23. The van der Waals surface area contributed by atoms with E-state index in [-0.39, 0.29) is 37.4 Å². The van der Waals surface area contributed by atoms with Gasteiger partial charge in [0.15, 0.2) is 5.41 Å². The Morgan fingerprint density at radius 3 is 2.40 bits per heavy atom. The average Bonchev–Trinajstić information content (AvgIpc) is 2.97. The molecule has 0 bridgehead atoms. The zero-order valence-corrected chi connectivity index (χ0v) is 20.0. The number of hydrogen-bond acceptors (Lipinski definition) is 5. The number of esters is 1. The molecular weight excluding hydrogens is 436 g/mol. The van der Waals surface area contributed by atoms with Crippen molar-refractivity contribution in [2.45, 2.75) is 38.0 Å². The van der Waals surface area contributed by atoms with Crippen molar-refractivity contribution in [1.82, 2.24) is 0 Å². The van der Waals surface area contributed by atoms with Gasteiger partial charge in [-0.1, -0.05) is 72.8 Å². The highest BCUT2D eigenvalue weighted by molar-refractivity contribution is 5.83. The molecule has 3 aromatic carbocycles. The van der Waals surface area contributed by atoms with Crippen molar-refractivity contribution >= 4 is 16.7 Å².